The summed E-state index contributed by atoms with van der Waals surface area (Å²) in [6.45, 7) is 0.550. The lowest BCUT2D eigenvalue weighted by Crippen LogP contribution is -2.42. The van der Waals surface area contributed by atoms with Gasteiger partial charge < -0.3 is 15.0 Å². The van der Waals surface area contributed by atoms with Gasteiger partial charge in [-0.3, -0.25) is 4.79 Å². The van der Waals surface area contributed by atoms with Crippen molar-refractivity contribution < 1.29 is 9.53 Å². The second kappa shape index (κ2) is 8.64. The molecule has 0 heterocycles. The molecule has 0 aliphatic rings. The van der Waals surface area contributed by atoms with Gasteiger partial charge in [-0.2, -0.15) is 0 Å². The van der Waals surface area contributed by atoms with E-state index in [-0.39, 0.29) is 12.5 Å². The van der Waals surface area contributed by atoms with Gasteiger partial charge in [-0.15, -0.1) is 0 Å². The Morgan fingerprint density at radius 2 is 1.83 bits per heavy atom. The van der Waals surface area contributed by atoms with Gasteiger partial charge in [0.1, 0.15) is 5.75 Å². The number of hydrogen-bond donors (Lipinski definition) is 1. The zero-order valence-corrected chi connectivity index (χ0v) is 15.1. The number of thiocarbonyl (C=S) groups is 1. The van der Waals surface area contributed by atoms with Crippen molar-refractivity contribution in [3.63, 3.8) is 0 Å². The molecule has 0 bridgehead atoms. The number of carbonyl (C=O) groups is 1. The molecule has 0 aromatic heterocycles. The van der Waals surface area contributed by atoms with Gasteiger partial charge in [0.2, 0.25) is 0 Å². The number of carbonyl (C=O) groups excluding carboxylic acids is 1. The molecule has 0 atom stereocenters. The molecule has 1 amide bonds. The van der Waals surface area contributed by atoms with Gasteiger partial charge in [-0.05, 0) is 42.0 Å². The van der Waals surface area contributed by atoms with E-state index in [9.17, 15) is 4.79 Å². The summed E-state index contributed by atoms with van der Waals surface area (Å²) in [5.74, 6) is 0.352. The monoisotopic (exact) mass is 392 g/mol. The normalized spacial score (nSPS) is 10.0. The fourth-order valence-corrected chi connectivity index (χ4v) is 2.30. The number of halogens is 1. The van der Waals surface area contributed by atoms with E-state index in [2.05, 4.69) is 21.2 Å². The van der Waals surface area contributed by atoms with Crippen LogP contribution in [-0.2, 0) is 11.3 Å². The van der Waals surface area contributed by atoms with E-state index >= 15 is 0 Å². The first-order valence-corrected chi connectivity index (χ1v) is 8.22. The number of nitrogens with one attached hydrogen (secondary N) is 1. The minimum absolute atomic E-state index is 0.0824. The molecular weight excluding hydrogens is 376 g/mol. The number of hydrogen-bond acceptors (Lipinski definition) is 3. The maximum atomic E-state index is 11.9. The molecule has 0 spiro atoms. The van der Waals surface area contributed by atoms with Crippen LogP contribution in [0, 0.1) is 0 Å². The van der Waals surface area contributed by atoms with Crippen LogP contribution in [0.2, 0.25) is 0 Å². The smallest absolute Gasteiger partial charge is 0.264 e. The fraction of sp³-hybridized carbons (Fsp3) is 0.176. The summed E-state index contributed by atoms with van der Waals surface area (Å²) in [5, 5.41) is 3.04. The van der Waals surface area contributed by atoms with E-state index in [4.69, 9.17) is 17.0 Å². The number of benzene rings is 2. The van der Waals surface area contributed by atoms with Gasteiger partial charge >= 0.3 is 0 Å². The largest absolute Gasteiger partial charge is 0.484 e. The third kappa shape index (κ3) is 6.00. The Labute approximate surface area is 149 Å². The van der Waals surface area contributed by atoms with Crippen molar-refractivity contribution in [2.75, 3.05) is 13.7 Å². The predicted molar refractivity (Wildman–Crippen MR) is 98.3 cm³/mol. The van der Waals surface area contributed by atoms with Crippen molar-refractivity contribution in [2.24, 2.45) is 0 Å². The van der Waals surface area contributed by atoms with E-state index < -0.39 is 0 Å². The summed E-state index contributed by atoms with van der Waals surface area (Å²) in [5.41, 5.74) is 1.12. The molecule has 4 nitrogen and oxygen atoms in total. The minimum Gasteiger partial charge on any atom is -0.484 e. The molecule has 120 valence electrons. The van der Waals surface area contributed by atoms with E-state index in [1.807, 2.05) is 54.4 Å². The predicted octanol–water partition coefficient (Wildman–Crippen LogP) is 3.36. The number of ether oxygens (including phenoxy) is 1. The Morgan fingerprint density at radius 1 is 1.17 bits per heavy atom. The standard InChI is InChI=1S/C17H17BrN2O2S/c1-20(11-13-5-3-2-4-6-13)17(23)19-16(21)12-22-15-9-7-14(18)8-10-15/h2-10H,11-12H2,1H3,(H,19,21,23). The van der Waals surface area contributed by atoms with Crippen molar-refractivity contribution in [3.05, 3.63) is 64.6 Å². The summed E-state index contributed by atoms with van der Waals surface area (Å²) in [6.07, 6.45) is 0. The van der Waals surface area contributed by atoms with Gasteiger partial charge in [0.25, 0.3) is 5.91 Å². The zero-order chi connectivity index (χ0) is 16.7. The van der Waals surface area contributed by atoms with Crippen LogP contribution in [0.25, 0.3) is 0 Å². The molecule has 23 heavy (non-hydrogen) atoms. The van der Waals surface area contributed by atoms with Crippen LogP contribution < -0.4 is 10.1 Å². The first kappa shape index (κ1) is 17.4. The summed E-state index contributed by atoms with van der Waals surface area (Å²) in [7, 11) is 1.84. The quantitative estimate of drug-likeness (QED) is 0.792. The highest BCUT2D eigenvalue weighted by atomic mass is 79.9. The topological polar surface area (TPSA) is 41.6 Å². The summed E-state index contributed by atoms with van der Waals surface area (Å²) in [6, 6.07) is 17.2. The number of rotatable bonds is 5. The molecular formula is C17H17BrN2O2S. The molecule has 0 fully saturated rings. The number of amides is 1. The highest BCUT2D eigenvalue weighted by Gasteiger charge is 2.10. The fourth-order valence-electron chi connectivity index (χ4n) is 1.86. The maximum absolute atomic E-state index is 11.9. The van der Waals surface area contributed by atoms with Crippen LogP contribution in [0.4, 0.5) is 0 Å². The Kier molecular flexibility index (Phi) is 6.55. The lowest BCUT2D eigenvalue weighted by molar-refractivity contribution is -0.121. The lowest BCUT2D eigenvalue weighted by Gasteiger charge is -2.20. The van der Waals surface area contributed by atoms with Crippen molar-refractivity contribution >= 4 is 39.2 Å². The molecule has 0 aliphatic heterocycles. The molecule has 0 saturated heterocycles. The third-order valence-electron chi connectivity index (χ3n) is 3.04. The second-order valence-electron chi connectivity index (χ2n) is 4.94. The Bertz CT molecular complexity index is 662. The van der Waals surface area contributed by atoms with Crippen LogP contribution in [0.3, 0.4) is 0 Å². The summed E-state index contributed by atoms with van der Waals surface area (Å²) >= 11 is 8.58. The van der Waals surface area contributed by atoms with Gasteiger partial charge in [0, 0.05) is 18.1 Å². The van der Waals surface area contributed by atoms with Crippen LogP contribution >= 0.6 is 28.1 Å². The summed E-state index contributed by atoms with van der Waals surface area (Å²) < 4.78 is 6.37. The van der Waals surface area contributed by atoms with Crippen LogP contribution in [0.1, 0.15) is 5.56 Å². The van der Waals surface area contributed by atoms with E-state index in [0.29, 0.717) is 17.4 Å². The van der Waals surface area contributed by atoms with Gasteiger partial charge in [0.05, 0.1) is 0 Å². The van der Waals surface area contributed by atoms with Crippen LogP contribution in [0.5, 0.6) is 5.75 Å². The zero-order valence-electron chi connectivity index (χ0n) is 12.7. The average molecular weight is 393 g/mol. The molecule has 2 rings (SSSR count). The summed E-state index contributed by atoms with van der Waals surface area (Å²) in [4.78, 5) is 13.7. The average Bonchev–Trinajstić information content (AvgIpc) is 2.55. The van der Waals surface area contributed by atoms with Crippen molar-refractivity contribution in [3.8, 4) is 5.75 Å². The Morgan fingerprint density at radius 3 is 2.48 bits per heavy atom. The van der Waals surface area contributed by atoms with Crippen molar-refractivity contribution in [2.45, 2.75) is 6.54 Å². The Balaban J connectivity index is 1.77. The second-order valence-corrected chi connectivity index (χ2v) is 6.24. The Hall–Kier alpha value is -1.92. The van der Waals surface area contributed by atoms with Crippen molar-refractivity contribution in [1.29, 1.82) is 0 Å². The van der Waals surface area contributed by atoms with Crippen molar-refractivity contribution in [1.82, 2.24) is 10.2 Å². The number of nitrogens with zero attached hydrogens (tertiary/aromatic N) is 1. The highest BCUT2D eigenvalue weighted by molar-refractivity contribution is 9.10. The minimum atomic E-state index is -0.280. The third-order valence-corrected chi connectivity index (χ3v) is 3.98. The molecule has 6 heteroatoms. The lowest BCUT2D eigenvalue weighted by atomic mass is 10.2. The van der Waals surface area contributed by atoms with Crippen LogP contribution in [-0.4, -0.2) is 29.6 Å². The van der Waals surface area contributed by atoms with E-state index in [1.165, 1.54) is 0 Å². The van der Waals surface area contributed by atoms with Crippen LogP contribution in [0.15, 0.2) is 59.1 Å². The highest BCUT2D eigenvalue weighted by Crippen LogP contribution is 2.15. The molecule has 0 radical (unpaired) electrons. The van der Waals surface area contributed by atoms with Gasteiger partial charge in [-0.1, -0.05) is 46.3 Å². The molecule has 2 aromatic carbocycles. The molecule has 2 aromatic rings. The maximum Gasteiger partial charge on any atom is 0.264 e. The SMILES string of the molecule is CN(Cc1ccccc1)C(=S)NC(=O)COc1ccc(Br)cc1. The van der Waals surface area contributed by atoms with Gasteiger partial charge in [0.15, 0.2) is 11.7 Å². The first-order valence-electron chi connectivity index (χ1n) is 7.02. The molecule has 0 aliphatic carbocycles. The van der Waals surface area contributed by atoms with Gasteiger partial charge in [-0.25, -0.2) is 0 Å². The van der Waals surface area contributed by atoms with E-state index in [1.54, 1.807) is 12.1 Å². The molecule has 0 unspecified atom stereocenters. The van der Waals surface area contributed by atoms with E-state index in [0.717, 1.165) is 10.0 Å². The molecule has 0 saturated carbocycles. The molecule has 1 N–H and O–H groups in total. The first-order chi connectivity index (χ1) is 11.0.